The Balaban J connectivity index is 2.64. The summed E-state index contributed by atoms with van der Waals surface area (Å²) in [6, 6.07) is 3.43. The van der Waals surface area contributed by atoms with E-state index in [-0.39, 0.29) is 16.9 Å². The third-order valence-electron chi connectivity index (χ3n) is 2.48. The number of hydrogen-bond donors (Lipinski definition) is 1. The van der Waals surface area contributed by atoms with Crippen LogP contribution in [0.15, 0.2) is 16.6 Å². The van der Waals surface area contributed by atoms with Crippen molar-refractivity contribution in [1.82, 2.24) is 0 Å². The Morgan fingerprint density at radius 3 is 2.75 bits per heavy atom. The monoisotopic (exact) mass is 308 g/mol. The van der Waals surface area contributed by atoms with E-state index < -0.39 is 0 Å². The lowest BCUT2D eigenvalue weighted by atomic mass is 10.0. The average molecular weight is 310 g/mol. The molecule has 0 amide bonds. The van der Waals surface area contributed by atoms with Crippen LogP contribution in [-0.4, -0.2) is 11.2 Å². The summed E-state index contributed by atoms with van der Waals surface area (Å²) in [4.78, 5) is 0. The fourth-order valence-corrected chi connectivity index (χ4v) is 2.05. The molecule has 0 heterocycles. The van der Waals surface area contributed by atoms with Gasteiger partial charge in [0.15, 0.2) is 0 Å². The van der Waals surface area contributed by atoms with Gasteiger partial charge in [-0.2, -0.15) is 0 Å². The van der Waals surface area contributed by atoms with Crippen molar-refractivity contribution in [1.29, 1.82) is 0 Å². The highest BCUT2D eigenvalue weighted by Crippen LogP contribution is 2.28. The fraction of sp³-hybridized carbons (Fsp3) is 0.500. The summed E-state index contributed by atoms with van der Waals surface area (Å²) in [7, 11) is 0. The Morgan fingerprint density at radius 1 is 1.44 bits per heavy atom. The number of halogens is 3. The van der Waals surface area contributed by atoms with Crippen LogP contribution >= 0.6 is 27.5 Å². The molecule has 1 atom stereocenters. The number of hydrogen-bond acceptors (Lipinski definition) is 1. The zero-order valence-electron chi connectivity index (χ0n) is 9.14. The lowest BCUT2D eigenvalue weighted by Crippen LogP contribution is -2.08. The van der Waals surface area contributed by atoms with E-state index in [1.165, 1.54) is 0 Å². The molecule has 1 rings (SSSR count). The second-order valence-electron chi connectivity index (χ2n) is 3.82. The Hall–Kier alpha value is -0.120. The van der Waals surface area contributed by atoms with Gasteiger partial charge in [0, 0.05) is 4.47 Å². The first-order chi connectivity index (χ1) is 7.56. The second kappa shape index (κ2) is 6.58. The highest BCUT2D eigenvalue weighted by molar-refractivity contribution is 9.10. The molecule has 0 radical (unpaired) electrons. The molecule has 0 aliphatic heterocycles. The van der Waals surface area contributed by atoms with Gasteiger partial charge in [-0.3, -0.25) is 0 Å². The van der Waals surface area contributed by atoms with Crippen molar-refractivity contribution < 1.29 is 9.50 Å². The van der Waals surface area contributed by atoms with Gasteiger partial charge in [0.05, 0.1) is 11.1 Å². The molecule has 1 unspecified atom stereocenters. The van der Waals surface area contributed by atoms with Gasteiger partial charge >= 0.3 is 0 Å². The zero-order valence-corrected chi connectivity index (χ0v) is 11.5. The van der Waals surface area contributed by atoms with Crippen LogP contribution < -0.4 is 0 Å². The molecule has 0 aliphatic rings. The molecule has 0 saturated carbocycles. The van der Waals surface area contributed by atoms with Crippen LogP contribution in [-0.2, 0) is 6.42 Å². The number of aryl methyl sites for hydroxylation is 1. The summed E-state index contributed by atoms with van der Waals surface area (Å²) in [5.74, 6) is -0.389. The smallest absolute Gasteiger partial charge is 0.146 e. The van der Waals surface area contributed by atoms with Crippen LogP contribution in [0.4, 0.5) is 4.39 Å². The van der Waals surface area contributed by atoms with Crippen LogP contribution in [0, 0.1) is 5.82 Å². The van der Waals surface area contributed by atoms with Crippen molar-refractivity contribution >= 4 is 27.5 Å². The molecule has 0 aromatic heterocycles. The molecule has 0 bridgehead atoms. The zero-order chi connectivity index (χ0) is 12.1. The maximum Gasteiger partial charge on any atom is 0.146 e. The molecule has 4 heteroatoms. The first kappa shape index (κ1) is 13.9. The second-order valence-corrected chi connectivity index (χ2v) is 5.05. The molecule has 1 aromatic carbocycles. The fourth-order valence-electron chi connectivity index (χ4n) is 1.56. The molecule has 16 heavy (non-hydrogen) atoms. The molecule has 1 N–H and O–H groups in total. The van der Waals surface area contributed by atoms with Crippen molar-refractivity contribution in [3.05, 3.63) is 33.0 Å². The van der Waals surface area contributed by atoms with E-state index in [4.69, 9.17) is 11.6 Å². The van der Waals surface area contributed by atoms with E-state index in [2.05, 4.69) is 15.9 Å². The minimum absolute atomic E-state index is 0.113. The van der Waals surface area contributed by atoms with Gasteiger partial charge in [0.1, 0.15) is 5.82 Å². The summed E-state index contributed by atoms with van der Waals surface area (Å²) in [6.45, 7) is 2.01. The number of aliphatic hydroxyl groups excluding tert-OH is 1. The SMILES string of the molecule is CCCC(O)CCc1ccc(Br)c(Cl)c1F. The Kier molecular flexibility index (Phi) is 5.73. The minimum Gasteiger partial charge on any atom is -0.393 e. The maximum atomic E-state index is 13.7. The third kappa shape index (κ3) is 3.72. The van der Waals surface area contributed by atoms with E-state index in [1.807, 2.05) is 6.92 Å². The molecular weight excluding hydrogens is 294 g/mol. The summed E-state index contributed by atoms with van der Waals surface area (Å²) in [6.07, 6.45) is 2.42. The molecule has 1 nitrogen and oxygen atoms in total. The van der Waals surface area contributed by atoms with Gasteiger partial charge in [-0.15, -0.1) is 0 Å². The topological polar surface area (TPSA) is 20.2 Å². The maximum absolute atomic E-state index is 13.7. The van der Waals surface area contributed by atoms with Gasteiger partial charge in [0.25, 0.3) is 0 Å². The van der Waals surface area contributed by atoms with E-state index in [9.17, 15) is 9.50 Å². The standard InChI is InChI=1S/C12H15BrClFO/c1-2-3-9(16)6-4-8-5-7-10(13)11(14)12(8)15/h5,7,9,16H,2-4,6H2,1H3. The van der Waals surface area contributed by atoms with Gasteiger partial charge < -0.3 is 5.11 Å². The van der Waals surface area contributed by atoms with Gasteiger partial charge in [-0.1, -0.05) is 31.0 Å². The predicted molar refractivity (Wildman–Crippen MR) is 68.3 cm³/mol. The van der Waals surface area contributed by atoms with E-state index in [0.717, 1.165) is 12.8 Å². The van der Waals surface area contributed by atoms with E-state index >= 15 is 0 Å². The molecule has 0 aliphatic carbocycles. The third-order valence-corrected chi connectivity index (χ3v) is 3.74. The summed E-state index contributed by atoms with van der Waals surface area (Å²) in [5.41, 5.74) is 0.559. The highest BCUT2D eigenvalue weighted by Gasteiger charge is 2.11. The van der Waals surface area contributed by atoms with Gasteiger partial charge in [0.2, 0.25) is 0 Å². The van der Waals surface area contributed by atoms with Crippen molar-refractivity contribution in [2.45, 2.75) is 38.7 Å². The van der Waals surface area contributed by atoms with E-state index in [0.29, 0.717) is 22.9 Å². The van der Waals surface area contributed by atoms with Gasteiger partial charge in [-0.25, -0.2) is 4.39 Å². The van der Waals surface area contributed by atoms with Gasteiger partial charge in [-0.05, 0) is 46.8 Å². The number of benzene rings is 1. The van der Waals surface area contributed by atoms with Crippen LogP contribution in [0.5, 0.6) is 0 Å². The van der Waals surface area contributed by atoms with Crippen LogP contribution in [0.3, 0.4) is 0 Å². The Labute approximate surface area is 109 Å². The highest BCUT2D eigenvalue weighted by atomic mass is 79.9. The lowest BCUT2D eigenvalue weighted by molar-refractivity contribution is 0.153. The summed E-state index contributed by atoms with van der Waals surface area (Å²) >= 11 is 8.94. The Morgan fingerprint density at radius 2 is 2.12 bits per heavy atom. The summed E-state index contributed by atoms with van der Waals surface area (Å²) < 4.78 is 14.2. The lowest BCUT2D eigenvalue weighted by Gasteiger charge is -2.10. The van der Waals surface area contributed by atoms with E-state index in [1.54, 1.807) is 12.1 Å². The minimum atomic E-state index is -0.389. The van der Waals surface area contributed by atoms with Crippen LogP contribution in [0.25, 0.3) is 0 Å². The first-order valence-corrected chi connectivity index (χ1v) is 6.53. The normalized spacial score (nSPS) is 12.8. The summed E-state index contributed by atoms with van der Waals surface area (Å²) in [5, 5.41) is 9.67. The van der Waals surface area contributed by atoms with Crippen molar-refractivity contribution in [3.63, 3.8) is 0 Å². The molecule has 0 saturated heterocycles. The molecular formula is C12H15BrClFO. The quantitative estimate of drug-likeness (QED) is 0.802. The van der Waals surface area contributed by atoms with Crippen molar-refractivity contribution in [2.24, 2.45) is 0 Å². The predicted octanol–water partition coefficient (Wildman–Crippen LogP) is 4.34. The number of rotatable bonds is 5. The molecule has 90 valence electrons. The first-order valence-electron chi connectivity index (χ1n) is 5.36. The van der Waals surface area contributed by atoms with Crippen molar-refractivity contribution in [3.8, 4) is 0 Å². The number of aliphatic hydroxyl groups is 1. The van der Waals surface area contributed by atoms with Crippen LogP contribution in [0.2, 0.25) is 5.02 Å². The molecule has 1 aromatic rings. The van der Waals surface area contributed by atoms with Crippen molar-refractivity contribution in [2.75, 3.05) is 0 Å². The largest absolute Gasteiger partial charge is 0.393 e. The average Bonchev–Trinajstić information content (AvgIpc) is 2.25. The molecule has 0 fully saturated rings. The van der Waals surface area contributed by atoms with Crippen LogP contribution in [0.1, 0.15) is 31.7 Å². The Bertz CT molecular complexity index is 357. The molecule has 0 spiro atoms.